The number of amides is 2. The number of rotatable bonds is 6. The van der Waals surface area contributed by atoms with E-state index in [4.69, 9.17) is 0 Å². The Morgan fingerprint density at radius 1 is 1.24 bits per heavy atom. The average molecular weight is 240 g/mol. The fourth-order valence-electron chi connectivity index (χ4n) is 2.20. The molecule has 1 fully saturated rings. The Kier molecular flexibility index (Phi) is 6.01. The third-order valence-corrected chi connectivity index (χ3v) is 3.27. The molecule has 0 aromatic rings. The van der Waals surface area contributed by atoms with E-state index in [1.165, 1.54) is 25.7 Å². The van der Waals surface area contributed by atoms with Gasteiger partial charge in [0.25, 0.3) is 0 Å². The quantitative estimate of drug-likeness (QED) is 0.718. The highest BCUT2D eigenvalue weighted by Crippen LogP contribution is 2.11. The fourth-order valence-corrected chi connectivity index (χ4v) is 2.20. The van der Waals surface area contributed by atoms with Crippen LogP contribution in [-0.4, -0.2) is 35.8 Å². The van der Waals surface area contributed by atoms with Gasteiger partial charge in [-0.15, -0.1) is 0 Å². The van der Waals surface area contributed by atoms with Crippen LogP contribution in [0, 0.1) is 0 Å². The van der Waals surface area contributed by atoms with Crippen LogP contribution in [0.15, 0.2) is 0 Å². The van der Waals surface area contributed by atoms with E-state index < -0.39 is 0 Å². The summed E-state index contributed by atoms with van der Waals surface area (Å²) in [4.78, 5) is 25.0. The van der Waals surface area contributed by atoms with Crippen molar-refractivity contribution in [2.75, 3.05) is 13.1 Å². The monoisotopic (exact) mass is 240 g/mol. The second kappa shape index (κ2) is 7.30. The van der Waals surface area contributed by atoms with Gasteiger partial charge in [0.2, 0.25) is 11.8 Å². The van der Waals surface area contributed by atoms with Crippen molar-refractivity contribution in [3.63, 3.8) is 0 Å². The predicted molar refractivity (Wildman–Crippen MR) is 67.6 cm³/mol. The van der Waals surface area contributed by atoms with Crippen LogP contribution in [0.3, 0.4) is 0 Å². The normalized spacial score (nSPS) is 21.3. The van der Waals surface area contributed by atoms with Gasteiger partial charge in [0, 0.05) is 19.0 Å². The SMILES string of the molecule is CCCCCCCN1C(=O)CNC(=O)CC1C. The van der Waals surface area contributed by atoms with Crippen molar-refractivity contribution >= 4 is 11.8 Å². The lowest BCUT2D eigenvalue weighted by atomic mass is 10.1. The minimum absolute atomic E-state index is 0.0145. The number of hydrogen-bond acceptors (Lipinski definition) is 2. The van der Waals surface area contributed by atoms with Crippen molar-refractivity contribution in [1.29, 1.82) is 0 Å². The number of carbonyl (C=O) groups is 2. The van der Waals surface area contributed by atoms with Gasteiger partial charge in [0.15, 0.2) is 0 Å². The van der Waals surface area contributed by atoms with Crippen LogP contribution >= 0.6 is 0 Å². The van der Waals surface area contributed by atoms with Gasteiger partial charge in [-0.3, -0.25) is 9.59 Å². The first kappa shape index (κ1) is 14.0. The van der Waals surface area contributed by atoms with E-state index in [0.717, 1.165) is 13.0 Å². The van der Waals surface area contributed by atoms with Crippen molar-refractivity contribution in [3.8, 4) is 0 Å². The van der Waals surface area contributed by atoms with Gasteiger partial charge < -0.3 is 10.2 Å². The first-order valence-corrected chi connectivity index (χ1v) is 6.71. The molecule has 2 amide bonds. The van der Waals surface area contributed by atoms with Crippen molar-refractivity contribution in [2.24, 2.45) is 0 Å². The standard InChI is InChI=1S/C13H24N2O2/c1-3-4-5-6-7-8-15-11(2)9-12(16)14-10-13(15)17/h11H,3-10H2,1-2H3,(H,14,16). The van der Waals surface area contributed by atoms with Gasteiger partial charge in [-0.1, -0.05) is 32.6 Å². The van der Waals surface area contributed by atoms with Crippen LogP contribution in [0.4, 0.5) is 0 Å². The second-order valence-corrected chi connectivity index (χ2v) is 4.83. The highest BCUT2D eigenvalue weighted by Gasteiger charge is 2.25. The van der Waals surface area contributed by atoms with Gasteiger partial charge in [-0.2, -0.15) is 0 Å². The summed E-state index contributed by atoms with van der Waals surface area (Å²) in [5, 5.41) is 2.64. The van der Waals surface area contributed by atoms with Crippen LogP contribution < -0.4 is 5.32 Å². The third kappa shape index (κ3) is 4.75. The van der Waals surface area contributed by atoms with E-state index in [1.807, 2.05) is 11.8 Å². The van der Waals surface area contributed by atoms with E-state index in [1.54, 1.807) is 0 Å². The Balaban J connectivity index is 2.33. The van der Waals surface area contributed by atoms with Crippen LogP contribution in [-0.2, 0) is 9.59 Å². The zero-order valence-electron chi connectivity index (χ0n) is 11.0. The zero-order chi connectivity index (χ0) is 12.7. The van der Waals surface area contributed by atoms with E-state index in [-0.39, 0.29) is 24.4 Å². The Morgan fingerprint density at radius 2 is 1.94 bits per heavy atom. The molecule has 1 rings (SSSR count). The maximum atomic E-state index is 11.8. The number of unbranched alkanes of at least 4 members (excludes halogenated alkanes) is 4. The molecular formula is C13H24N2O2. The first-order valence-electron chi connectivity index (χ1n) is 6.71. The molecule has 4 heteroatoms. The average Bonchev–Trinajstić information content (AvgIpc) is 2.41. The van der Waals surface area contributed by atoms with E-state index in [9.17, 15) is 9.59 Å². The molecular weight excluding hydrogens is 216 g/mol. The van der Waals surface area contributed by atoms with E-state index in [2.05, 4.69) is 12.2 Å². The molecule has 1 aliphatic rings. The van der Waals surface area contributed by atoms with Crippen molar-refractivity contribution < 1.29 is 9.59 Å². The Labute approximate surface area is 104 Å². The fraction of sp³-hybridized carbons (Fsp3) is 0.846. The van der Waals surface area contributed by atoms with Crippen molar-refractivity contribution in [1.82, 2.24) is 10.2 Å². The topological polar surface area (TPSA) is 49.4 Å². The third-order valence-electron chi connectivity index (χ3n) is 3.27. The van der Waals surface area contributed by atoms with Gasteiger partial charge in [0.1, 0.15) is 0 Å². The molecule has 1 N–H and O–H groups in total. The van der Waals surface area contributed by atoms with E-state index >= 15 is 0 Å². The molecule has 0 aromatic heterocycles. The van der Waals surface area contributed by atoms with Gasteiger partial charge in [-0.25, -0.2) is 0 Å². The maximum Gasteiger partial charge on any atom is 0.242 e. The Bertz CT molecular complexity index is 266. The molecule has 17 heavy (non-hydrogen) atoms. The number of nitrogens with zero attached hydrogens (tertiary/aromatic N) is 1. The lowest BCUT2D eigenvalue weighted by Gasteiger charge is -2.26. The predicted octanol–water partition coefficient (Wildman–Crippen LogP) is 1.69. The molecule has 0 bridgehead atoms. The molecule has 0 aliphatic carbocycles. The molecule has 0 aromatic carbocycles. The molecule has 1 aliphatic heterocycles. The summed E-state index contributed by atoms with van der Waals surface area (Å²) in [6.45, 7) is 5.10. The molecule has 1 heterocycles. The summed E-state index contributed by atoms with van der Waals surface area (Å²) < 4.78 is 0. The lowest BCUT2D eigenvalue weighted by Crippen LogP contribution is -2.40. The van der Waals surface area contributed by atoms with Gasteiger partial charge >= 0.3 is 0 Å². The number of hydrogen-bond donors (Lipinski definition) is 1. The number of nitrogens with one attached hydrogen (secondary N) is 1. The minimum Gasteiger partial charge on any atom is -0.347 e. The number of carbonyl (C=O) groups excluding carboxylic acids is 2. The Morgan fingerprint density at radius 3 is 2.65 bits per heavy atom. The maximum absolute atomic E-state index is 11.8. The summed E-state index contributed by atoms with van der Waals surface area (Å²) >= 11 is 0. The second-order valence-electron chi connectivity index (χ2n) is 4.83. The highest BCUT2D eigenvalue weighted by molar-refractivity contribution is 5.87. The Hall–Kier alpha value is -1.06. The van der Waals surface area contributed by atoms with Gasteiger partial charge in [0.05, 0.1) is 6.54 Å². The van der Waals surface area contributed by atoms with Crippen LogP contribution in [0.2, 0.25) is 0 Å². The largest absolute Gasteiger partial charge is 0.347 e. The molecule has 4 nitrogen and oxygen atoms in total. The van der Waals surface area contributed by atoms with Crippen LogP contribution in [0.1, 0.15) is 52.4 Å². The van der Waals surface area contributed by atoms with Gasteiger partial charge in [-0.05, 0) is 13.3 Å². The molecule has 0 spiro atoms. The van der Waals surface area contributed by atoms with Crippen molar-refractivity contribution in [2.45, 2.75) is 58.4 Å². The summed E-state index contributed by atoms with van der Waals surface area (Å²) in [5.41, 5.74) is 0. The molecule has 1 unspecified atom stereocenters. The molecule has 1 atom stereocenters. The molecule has 1 saturated heterocycles. The molecule has 0 saturated carbocycles. The molecule has 98 valence electrons. The first-order chi connectivity index (χ1) is 8.15. The van der Waals surface area contributed by atoms with Crippen LogP contribution in [0.25, 0.3) is 0 Å². The summed E-state index contributed by atoms with van der Waals surface area (Å²) in [6, 6.07) is 0.0381. The van der Waals surface area contributed by atoms with Crippen molar-refractivity contribution in [3.05, 3.63) is 0 Å². The summed E-state index contributed by atoms with van der Waals surface area (Å²) in [6.07, 6.45) is 6.39. The minimum atomic E-state index is -0.0145. The summed E-state index contributed by atoms with van der Waals surface area (Å²) in [7, 11) is 0. The lowest BCUT2D eigenvalue weighted by molar-refractivity contribution is -0.131. The highest BCUT2D eigenvalue weighted by atomic mass is 16.2. The summed E-state index contributed by atoms with van der Waals surface area (Å²) in [5.74, 6) is 0.0400. The molecule has 0 radical (unpaired) electrons. The van der Waals surface area contributed by atoms with E-state index in [0.29, 0.717) is 6.42 Å². The smallest absolute Gasteiger partial charge is 0.242 e. The van der Waals surface area contributed by atoms with Crippen LogP contribution in [0.5, 0.6) is 0 Å². The zero-order valence-corrected chi connectivity index (χ0v) is 11.0.